The van der Waals surface area contributed by atoms with Crippen molar-refractivity contribution in [2.45, 2.75) is 38.8 Å². The van der Waals surface area contributed by atoms with E-state index in [-0.39, 0.29) is 11.8 Å². The number of amides is 1. The van der Waals surface area contributed by atoms with Gasteiger partial charge in [0.2, 0.25) is 5.91 Å². The highest BCUT2D eigenvalue weighted by Gasteiger charge is 2.38. The average Bonchev–Trinajstić information content (AvgIpc) is 3.06. The second-order valence-electron chi connectivity index (χ2n) is 6.13. The number of nitrogens with zero attached hydrogens (tertiary/aromatic N) is 2. The van der Waals surface area contributed by atoms with Crippen LogP contribution in [0.25, 0.3) is 11.3 Å². The summed E-state index contributed by atoms with van der Waals surface area (Å²) in [6, 6.07) is 4.00. The number of aromatic nitrogens is 3. The van der Waals surface area contributed by atoms with Gasteiger partial charge >= 0.3 is 12.1 Å². The molecule has 1 unspecified atom stereocenters. The minimum absolute atomic E-state index is 0.0171. The number of alkyl halides is 3. The van der Waals surface area contributed by atoms with Gasteiger partial charge in [-0.05, 0) is 31.4 Å². The number of carbonyl (C=O) groups excluding carboxylic acids is 1. The van der Waals surface area contributed by atoms with Crippen molar-refractivity contribution in [3.63, 3.8) is 0 Å². The average molecular weight is 384 g/mol. The normalized spacial score (nSPS) is 17.3. The van der Waals surface area contributed by atoms with Gasteiger partial charge in [0.25, 0.3) is 0 Å². The maximum atomic E-state index is 12.2. The molecule has 0 saturated heterocycles. The lowest BCUT2D eigenvalue weighted by Gasteiger charge is -2.14. The van der Waals surface area contributed by atoms with Gasteiger partial charge in [0.1, 0.15) is 0 Å². The number of aliphatic carboxylic acids is 1. The van der Waals surface area contributed by atoms with Crippen LogP contribution >= 0.6 is 0 Å². The maximum Gasteiger partial charge on any atom is 0.490 e. The zero-order valence-corrected chi connectivity index (χ0v) is 14.5. The number of aromatic amines is 1. The first-order valence-electron chi connectivity index (χ1n) is 8.28. The Balaban J connectivity index is 0.000000321. The minimum atomic E-state index is -5.08. The van der Waals surface area contributed by atoms with Crippen LogP contribution in [0.3, 0.4) is 0 Å². The largest absolute Gasteiger partial charge is 0.490 e. The molecule has 0 aromatic carbocycles. The molecule has 27 heavy (non-hydrogen) atoms. The molecule has 3 N–H and O–H groups in total. The molecule has 1 aliphatic heterocycles. The van der Waals surface area contributed by atoms with E-state index in [0.29, 0.717) is 0 Å². The number of fused-ring (bicyclic) bond motifs is 4. The minimum Gasteiger partial charge on any atom is -0.475 e. The van der Waals surface area contributed by atoms with Crippen LogP contribution in [0.15, 0.2) is 24.5 Å². The van der Waals surface area contributed by atoms with E-state index in [2.05, 4.69) is 26.6 Å². The number of halogens is 3. The maximum absolute atomic E-state index is 12.2. The predicted molar refractivity (Wildman–Crippen MR) is 90.9 cm³/mol. The Morgan fingerprint density at radius 1 is 1.33 bits per heavy atom. The molecule has 1 amide bonds. The van der Waals surface area contributed by atoms with Crippen molar-refractivity contribution >= 4 is 17.6 Å². The number of rotatable bonds is 0. The summed E-state index contributed by atoms with van der Waals surface area (Å²) < 4.78 is 31.7. The van der Waals surface area contributed by atoms with E-state index in [1.54, 1.807) is 6.20 Å². The molecular formula is C17H19F3N4O3. The van der Waals surface area contributed by atoms with Crippen LogP contribution in [-0.2, 0) is 16.0 Å². The number of anilines is 1. The lowest BCUT2D eigenvalue weighted by atomic mass is 10.00. The second-order valence-corrected chi connectivity index (χ2v) is 6.13. The first-order valence-corrected chi connectivity index (χ1v) is 8.28. The quantitative estimate of drug-likeness (QED) is 0.645. The van der Waals surface area contributed by atoms with Crippen LogP contribution < -0.4 is 5.32 Å². The van der Waals surface area contributed by atoms with E-state index in [0.717, 1.165) is 48.3 Å². The Labute approximate surface area is 153 Å². The highest BCUT2D eigenvalue weighted by Crippen LogP contribution is 2.27. The van der Waals surface area contributed by atoms with Crippen LogP contribution in [0.5, 0.6) is 0 Å². The van der Waals surface area contributed by atoms with Crippen molar-refractivity contribution < 1.29 is 27.9 Å². The molecule has 1 aliphatic rings. The molecule has 7 nitrogen and oxygen atoms in total. The number of carbonyl (C=O) groups is 2. The van der Waals surface area contributed by atoms with Gasteiger partial charge in [-0.3, -0.25) is 14.9 Å². The van der Waals surface area contributed by atoms with Gasteiger partial charge in [0.05, 0.1) is 17.6 Å². The van der Waals surface area contributed by atoms with Crippen molar-refractivity contribution in [3.8, 4) is 11.3 Å². The fourth-order valence-electron chi connectivity index (χ4n) is 2.52. The lowest BCUT2D eigenvalue weighted by Crippen LogP contribution is -2.21. The smallest absolute Gasteiger partial charge is 0.475 e. The van der Waals surface area contributed by atoms with E-state index >= 15 is 0 Å². The molecule has 0 fully saturated rings. The predicted octanol–water partition coefficient (Wildman–Crippen LogP) is 3.41. The van der Waals surface area contributed by atoms with Gasteiger partial charge in [0.15, 0.2) is 0 Å². The molecule has 3 rings (SSSR count). The first kappa shape index (κ1) is 20.4. The summed E-state index contributed by atoms with van der Waals surface area (Å²) in [6.45, 7) is 1.97. The van der Waals surface area contributed by atoms with E-state index in [1.807, 2.05) is 19.2 Å². The van der Waals surface area contributed by atoms with Crippen LogP contribution in [-0.4, -0.2) is 38.3 Å². The third kappa shape index (κ3) is 5.80. The number of carboxylic acid groups (broad SMARTS) is 1. The fraction of sp³-hybridized carbons (Fsp3) is 0.412. The van der Waals surface area contributed by atoms with E-state index in [9.17, 15) is 18.0 Å². The molecule has 146 valence electrons. The van der Waals surface area contributed by atoms with Crippen molar-refractivity contribution in [2.24, 2.45) is 5.92 Å². The SMILES string of the molecule is CC1CCCCc2cc(ccn2)-c2[nH]ncc2NC1=O.O=C(O)C(F)(F)F. The Morgan fingerprint density at radius 3 is 2.70 bits per heavy atom. The molecule has 0 radical (unpaired) electrons. The summed E-state index contributed by atoms with van der Waals surface area (Å²) in [5.41, 5.74) is 3.67. The summed E-state index contributed by atoms with van der Waals surface area (Å²) in [6.07, 6.45) is 2.34. The van der Waals surface area contributed by atoms with Crippen LogP contribution in [0.2, 0.25) is 0 Å². The van der Waals surface area contributed by atoms with Gasteiger partial charge < -0.3 is 10.4 Å². The monoisotopic (exact) mass is 384 g/mol. The van der Waals surface area contributed by atoms with Crippen LogP contribution in [0, 0.1) is 5.92 Å². The van der Waals surface area contributed by atoms with Crippen molar-refractivity contribution in [3.05, 3.63) is 30.2 Å². The summed E-state index contributed by atoms with van der Waals surface area (Å²) in [5.74, 6) is -2.68. The Bertz CT molecular complexity index is 805. The molecule has 0 aliphatic carbocycles. The van der Waals surface area contributed by atoms with Gasteiger partial charge in [-0.25, -0.2) is 4.79 Å². The van der Waals surface area contributed by atoms with Crippen LogP contribution in [0.1, 0.15) is 31.9 Å². The number of hydrogen-bond acceptors (Lipinski definition) is 4. The molecule has 0 saturated carbocycles. The number of nitrogens with one attached hydrogen (secondary N) is 2. The molecule has 3 heterocycles. The Morgan fingerprint density at radius 2 is 2.04 bits per heavy atom. The van der Waals surface area contributed by atoms with Crippen molar-refractivity contribution in [1.29, 1.82) is 0 Å². The second kappa shape index (κ2) is 8.65. The van der Waals surface area contributed by atoms with Gasteiger partial charge in [-0.2, -0.15) is 18.3 Å². The molecular weight excluding hydrogens is 365 g/mol. The molecule has 10 heteroatoms. The Hall–Kier alpha value is -2.91. The lowest BCUT2D eigenvalue weighted by molar-refractivity contribution is -0.192. The standard InChI is InChI=1S/C15H18N4O.C2HF3O2/c1-10-4-2-3-5-12-8-11(6-7-16-12)14-13(9-17-19-14)18-15(10)20;3-2(4,5)1(6)7/h6-10H,2-5H2,1H3,(H,17,19)(H,18,20);(H,6,7). The van der Waals surface area contributed by atoms with Gasteiger partial charge in [0, 0.05) is 23.4 Å². The summed E-state index contributed by atoms with van der Waals surface area (Å²) >= 11 is 0. The van der Waals surface area contributed by atoms with E-state index in [4.69, 9.17) is 9.90 Å². The summed E-state index contributed by atoms with van der Waals surface area (Å²) in [5, 5.41) is 17.1. The number of hydrogen-bond donors (Lipinski definition) is 3. The van der Waals surface area contributed by atoms with Crippen molar-refractivity contribution in [2.75, 3.05) is 5.32 Å². The molecule has 1 atom stereocenters. The zero-order chi connectivity index (χ0) is 20.0. The molecule has 2 aromatic rings. The van der Waals surface area contributed by atoms with Crippen molar-refractivity contribution in [1.82, 2.24) is 15.2 Å². The number of carboxylic acids is 1. The topological polar surface area (TPSA) is 108 Å². The summed E-state index contributed by atoms with van der Waals surface area (Å²) in [7, 11) is 0. The molecule has 2 bridgehead atoms. The molecule has 2 aromatic heterocycles. The van der Waals surface area contributed by atoms with E-state index < -0.39 is 12.1 Å². The zero-order valence-electron chi connectivity index (χ0n) is 14.5. The number of aryl methyl sites for hydroxylation is 1. The first-order chi connectivity index (χ1) is 12.7. The van der Waals surface area contributed by atoms with Gasteiger partial charge in [-0.15, -0.1) is 0 Å². The van der Waals surface area contributed by atoms with Crippen LogP contribution in [0.4, 0.5) is 18.9 Å². The third-order valence-corrected chi connectivity index (χ3v) is 4.01. The number of pyridine rings is 1. The number of H-pyrrole nitrogens is 1. The Kier molecular flexibility index (Phi) is 6.54. The fourth-order valence-corrected chi connectivity index (χ4v) is 2.52. The molecule has 0 spiro atoms. The third-order valence-electron chi connectivity index (χ3n) is 4.01. The summed E-state index contributed by atoms with van der Waals surface area (Å²) in [4.78, 5) is 25.5. The highest BCUT2D eigenvalue weighted by molar-refractivity contribution is 5.95. The highest BCUT2D eigenvalue weighted by atomic mass is 19.4. The van der Waals surface area contributed by atoms with E-state index in [1.165, 1.54) is 0 Å². The van der Waals surface area contributed by atoms with Gasteiger partial charge in [-0.1, -0.05) is 13.3 Å².